The van der Waals surface area contributed by atoms with Gasteiger partial charge in [0.25, 0.3) is 0 Å². The quantitative estimate of drug-likeness (QED) is 0.724. The van der Waals surface area contributed by atoms with Gasteiger partial charge in [0.2, 0.25) is 0 Å². The van der Waals surface area contributed by atoms with E-state index in [1.807, 2.05) is 29.5 Å². The predicted octanol–water partition coefficient (Wildman–Crippen LogP) is 5.45. The summed E-state index contributed by atoms with van der Waals surface area (Å²) in [7, 11) is 0. The second-order valence-electron chi connectivity index (χ2n) is 4.39. The smallest absolute Gasteiger partial charge is 0.0410 e. The van der Waals surface area contributed by atoms with Gasteiger partial charge in [-0.25, -0.2) is 0 Å². The first-order valence-corrected chi connectivity index (χ1v) is 8.46. The van der Waals surface area contributed by atoms with Gasteiger partial charge < -0.3 is 5.32 Å². The molecule has 19 heavy (non-hydrogen) atoms. The van der Waals surface area contributed by atoms with Crippen LogP contribution in [0.2, 0.25) is 5.02 Å². The minimum atomic E-state index is 0.333. The van der Waals surface area contributed by atoms with Gasteiger partial charge in [-0.1, -0.05) is 40.5 Å². The van der Waals surface area contributed by atoms with E-state index in [0.717, 1.165) is 28.9 Å². The van der Waals surface area contributed by atoms with Gasteiger partial charge in [0.1, 0.15) is 0 Å². The lowest BCUT2D eigenvalue weighted by atomic mass is 10.0. The number of hydrogen-bond acceptors (Lipinski definition) is 2. The second kappa shape index (κ2) is 7.44. The Bertz CT molecular complexity index is 513. The Hall–Kier alpha value is -0.350. The highest BCUT2D eigenvalue weighted by Gasteiger charge is 2.14. The Morgan fingerprint density at radius 2 is 2.21 bits per heavy atom. The number of nitrogens with one attached hydrogen (secondary N) is 1. The average Bonchev–Trinajstić information content (AvgIpc) is 2.91. The van der Waals surface area contributed by atoms with Crippen molar-refractivity contribution in [2.45, 2.75) is 25.8 Å². The van der Waals surface area contributed by atoms with E-state index in [-0.39, 0.29) is 0 Å². The molecule has 1 unspecified atom stereocenters. The highest BCUT2D eigenvalue weighted by molar-refractivity contribution is 9.10. The maximum absolute atomic E-state index is 6.11. The van der Waals surface area contributed by atoms with Gasteiger partial charge in [0, 0.05) is 20.4 Å². The van der Waals surface area contributed by atoms with Crippen LogP contribution in [0.5, 0.6) is 0 Å². The molecule has 0 spiro atoms. The number of benzene rings is 1. The Morgan fingerprint density at radius 3 is 2.89 bits per heavy atom. The standard InChI is InChI=1S/C15H17BrClNS/c1-2-18-15(8-6-12-4-3-9-19-12)13-10-11(17)5-7-14(13)16/h3-5,7,9-10,15,18H,2,6,8H2,1H3. The Labute approximate surface area is 132 Å². The normalized spacial score (nSPS) is 12.6. The van der Waals surface area contributed by atoms with Gasteiger partial charge in [-0.15, -0.1) is 11.3 Å². The van der Waals surface area contributed by atoms with Gasteiger partial charge in [-0.05, 0) is 54.6 Å². The lowest BCUT2D eigenvalue weighted by Crippen LogP contribution is -2.21. The van der Waals surface area contributed by atoms with Crippen molar-refractivity contribution in [3.05, 3.63) is 55.6 Å². The molecule has 0 bridgehead atoms. The van der Waals surface area contributed by atoms with E-state index in [4.69, 9.17) is 11.6 Å². The fraction of sp³-hybridized carbons (Fsp3) is 0.333. The molecule has 0 aliphatic heterocycles. The molecule has 1 atom stereocenters. The molecule has 2 rings (SSSR count). The monoisotopic (exact) mass is 357 g/mol. The number of thiophene rings is 1. The van der Waals surface area contributed by atoms with Crippen LogP contribution in [0, 0.1) is 0 Å². The third kappa shape index (κ3) is 4.32. The van der Waals surface area contributed by atoms with Crippen LogP contribution < -0.4 is 5.32 Å². The molecule has 0 fully saturated rings. The van der Waals surface area contributed by atoms with Crippen LogP contribution in [0.4, 0.5) is 0 Å². The minimum Gasteiger partial charge on any atom is -0.310 e. The number of hydrogen-bond donors (Lipinski definition) is 1. The molecular weight excluding hydrogens is 342 g/mol. The van der Waals surface area contributed by atoms with Crippen molar-refractivity contribution in [2.24, 2.45) is 0 Å². The third-order valence-electron chi connectivity index (χ3n) is 3.04. The maximum Gasteiger partial charge on any atom is 0.0410 e. The molecule has 0 aliphatic carbocycles. The molecule has 1 aromatic carbocycles. The van der Waals surface area contributed by atoms with Gasteiger partial charge in [0.05, 0.1) is 0 Å². The molecule has 1 nitrogen and oxygen atoms in total. The molecule has 0 amide bonds. The zero-order chi connectivity index (χ0) is 13.7. The van der Waals surface area contributed by atoms with E-state index < -0.39 is 0 Å². The van der Waals surface area contributed by atoms with E-state index in [2.05, 4.69) is 45.7 Å². The van der Waals surface area contributed by atoms with Gasteiger partial charge in [-0.3, -0.25) is 0 Å². The summed E-state index contributed by atoms with van der Waals surface area (Å²) >= 11 is 11.6. The summed E-state index contributed by atoms with van der Waals surface area (Å²) in [5.74, 6) is 0. The van der Waals surface area contributed by atoms with Crippen LogP contribution in [0.3, 0.4) is 0 Å². The van der Waals surface area contributed by atoms with E-state index in [0.29, 0.717) is 6.04 Å². The first kappa shape index (κ1) is 15.0. The van der Waals surface area contributed by atoms with Crippen molar-refractivity contribution in [3.8, 4) is 0 Å². The predicted molar refractivity (Wildman–Crippen MR) is 88.2 cm³/mol. The highest BCUT2D eigenvalue weighted by Crippen LogP contribution is 2.29. The highest BCUT2D eigenvalue weighted by atomic mass is 79.9. The van der Waals surface area contributed by atoms with Crippen molar-refractivity contribution >= 4 is 38.9 Å². The SMILES string of the molecule is CCNC(CCc1cccs1)c1cc(Cl)ccc1Br. The molecule has 1 aromatic heterocycles. The molecule has 1 N–H and O–H groups in total. The van der Waals surface area contributed by atoms with E-state index in [1.165, 1.54) is 10.4 Å². The summed E-state index contributed by atoms with van der Waals surface area (Å²) in [5.41, 5.74) is 1.24. The largest absolute Gasteiger partial charge is 0.310 e. The van der Waals surface area contributed by atoms with Crippen molar-refractivity contribution in [3.63, 3.8) is 0 Å². The molecule has 0 aliphatic rings. The summed E-state index contributed by atoms with van der Waals surface area (Å²) in [6.07, 6.45) is 2.17. The van der Waals surface area contributed by atoms with Crippen LogP contribution in [0.15, 0.2) is 40.2 Å². The summed E-state index contributed by atoms with van der Waals surface area (Å²) in [5, 5.41) is 6.47. The van der Waals surface area contributed by atoms with Crippen molar-refractivity contribution in [1.82, 2.24) is 5.32 Å². The summed E-state index contributed by atoms with van der Waals surface area (Å²) in [4.78, 5) is 1.43. The van der Waals surface area contributed by atoms with Gasteiger partial charge >= 0.3 is 0 Å². The van der Waals surface area contributed by atoms with Crippen molar-refractivity contribution in [1.29, 1.82) is 0 Å². The van der Waals surface area contributed by atoms with E-state index >= 15 is 0 Å². The average molecular weight is 359 g/mol. The van der Waals surface area contributed by atoms with E-state index in [9.17, 15) is 0 Å². The Kier molecular flexibility index (Phi) is 5.89. The van der Waals surface area contributed by atoms with Gasteiger partial charge in [0.15, 0.2) is 0 Å². The molecule has 0 saturated heterocycles. The fourth-order valence-corrected chi connectivity index (χ4v) is 3.57. The number of halogens is 2. The Balaban J connectivity index is 2.12. The topological polar surface area (TPSA) is 12.0 Å². The second-order valence-corrected chi connectivity index (χ2v) is 6.72. The maximum atomic E-state index is 6.11. The summed E-state index contributed by atoms with van der Waals surface area (Å²) in [6, 6.07) is 10.6. The molecule has 0 radical (unpaired) electrons. The van der Waals surface area contributed by atoms with Crippen LogP contribution in [0.25, 0.3) is 0 Å². The lowest BCUT2D eigenvalue weighted by molar-refractivity contribution is 0.515. The van der Waals surface area contributed by atoms with Gasteiger partial charge in [-0.2, -0.15) is 0 Å². The number of aryl methyl sites for hydroxylation is 1. The van der Waals surface area contributed by atoms with Crippen LogP contribution in [-0.2, 0) is 6.42 Å². The third-order valence-corrected chi connectivity index (χ3v) is 4.94. The Morgan fingerprint density at radius 1 is 1.37 bits per heavy atom. The first-order chi connectivity index (χ1) is 9.20. The van der Waals surface area contributed by atoms with Crippen LogP contribution >= 0.6 is 38.9 Å². The van der Waals surface area contributed by atoms with Crippen molar-refractivity contribution in [2.75, 3.05) is 6.54 Å². The molecular formula is C15H17BrClNS. The molecule has 102 valence electrons. The minimum absolute atomic E-state index is 0.333. The molecule has 1 heterocycles. The molecule has 4 heteroatoms. The lowest BCUT2D eigenvalue weighted by Gasteiger charge is -2.19. The molecule has 0 saturated carbocycles. The first-order valence-electron chi connectivity index (χ1n) is 6.41. The zero-order valence-electron chi connectivity index (χ0n) is 10.8. The van der Waals surface area contributed by atoms with Crippen molar-refractivity contribution < 1.29 is 0 Å². The van der Waals surface area contributed by atoms with Crippen LogP contribution in [0.1, 0.15) is 29.8 Å². The summed E-state index contributed by atoms with van der Waals surface area (Å²) < 4.78 is 1.12. The zero-order valence-corrected chi connectivity index (χ0v) is 14.0. The molecule has 2 aromatic rings. The van der Waals surface area contributed by atoms with Crippen LogP contribution in [-0.4, -0.2) is 6.54 Å². The summed E-state index contributed by atoms with van der Waals surface area (Å²) in [6.45, 7) is 3.09. The fourth-order valence-electron chi connectivity index (χ4n) is 2.14. The van der Waals surface area contributed by atoms with E-state index in [1.54, 1.807) is 0 Å². The number of rotatable bonds is 6.